The Balaban J connectivity index is 2.20. The monoisotopic (exact) mass is 315 g/mol. The molecule has 0 bridgehead atoms. The van der Waals surface area contributed by atoms with Crippen molar-refractivity contribution < 1.29 is 14.3 Å². The van der Waals surface area contributed by atoms with E-state index < -0.39 is 11.5 Å². The summed E-state index contributed by atoms with van der Waals surface area (Å²) in [5.41, 5.74) is -0.0463. The van der Waals surface area contributed by atoms with E-state index in [1.54, 1.807) is 6.92 Å². The maximum absolute atomic E-state index is 13.3. The molecule has 1 atom stereocenters. The molecule has 0 amide bonds. The Kier molecular flexibility index (Phi) is 3.73. The van der Waals surface area contributed by atoms with Gasteiger partial charge >= 0.3 is 5.97 Å². The molecule has 1 aromatic rings. The molecule has 0 aromatic heterocycles. The summed E-state index contributed by atoms with van der Waals surface area (Å²) >= 11 is 3.24. The number of rotatable bonds is 3. The minimum absolute atomic E-state index is 0.310. The van der Waals surface area contributed by atoms with Crippen LogP contribution in [0.15, 0.2) is 22.7 Å². The van der Waals surface area contributed by atoms with Crippen LogP contribution < -0.4 is 0 Å². The van der Waals surface area contributed by atoms with Gasteiger partial charge in [0.2, 0.25) is 0 Å². The first-order valence-corrected chi connectivity index (χ1v) is 6.64. The number of carboxylic acid groups (broad SMARTS) is 1. The van der Waals surface area contributed by atoms with Crippen LogP contribution >= 0.6 is 15.9 Å². The van der Waals surface area contributed by atoms with Crippen molar-refractivity contribution in [3.8, 4) is 0 Å². The largest absolute Gasteiger partial charge is 0.480 e. The second-order valence-corrected chi connectivity index (χ2v) is 5.80. The Labute approximate surface area is 114 Å². The lowest BCUT2D eigenvalue weighted by Gasteiger charge is -2.31. The fourth-order valence-electron chi connectivity index (χ4n) is 2.44. The van der Waals surface area contributed by atoms with Gasteiger partial charge in [0, 0.05) is 11.0 Å². The molecule has 1 aromatic carbocycles. The number of carboxylic acids is 1. The number of nitrogens with zero attached hydrogens (tertiary/aromatic N) is 1. The molecule has 1 aliphatic rings. The maximum Gasteiger partial charge on any atom is 0.323 e. The molecule has 0 radical (unpaired) electrons. The molecule has 1 aliphatic heterocycles. The van der Waals surface area contributed by atoms with Crippen LogP contribution in [-0.4, -0.2) is 28.1 Å². The summed E-state index contributed by atoms with van der Waals surface area (Å²) in [4.78, 5) is 13.2. The number of halogens is 2. The number of likely N-dealkylation sites (tertiary alicyclic amines) is 1. The molecule has 2 rings (SSSR count). The highest BCUT2D eigenvalue weighted by Gasteiger charge is 2.43. The summed E-state index contributed by atoms with van der Waals surface area (Å²) < 4.78 is 14.0. The highest BCUT2D eigenvalue weighted by Crippen LogP contribution is 2.31. The van der Waals surface area contributed by atoms with Crippen molar-refractivity contribution in [2.45, 2.75) is 31.8 Å². The fraction of sp³-hybridized carbons (Fsp3) is 0.462. The zero-order valence-electron chi connectivity index (χ0n) is 10.1. The summed E-state index contributed by atoms with van der Waals surface area (Å²) in [5, 5.41) is 9.31. The molecule has 1 fully saturated rings. The number of hydrogen-bond acceptors (Lipinski definition) is 2. The third-order valence-electron chi connectivity index (χ3n) is 3.55. The van der Waals surface area contributed by atoms with Gasteiger partial charge in [-0.25, -0.2) is 4.39 Å². The van der Waals surface area contributed by atoms with Crippen molar-refractivity contribution in [1.29, 1.82) is 0 Å². The molecule has 1 heterocycles. The third-order valence-corrected chi connectivity index (χ3v) is 4.00. The van der Waals surface area contributed by atoms with Crippen molar-refractivity contribution >= 4 is 21.9 Å². The first kappa shape index (κ1) is 13.5. The topological polar surface area (TPSA) is 40.5 Å². The van der Waals surface area contributed by atoms with Gasteiger partial charge in [0.25, 0.3) is 0 Å². The Morgan fingerprint density at radius 1 is 1.56 bits per heavy atom. The van der Waals surface area contributed by atoms with Crippen LogP contribution in [0.5, 0.6) is 0 Å². The molecular weight excluding hydrogens is 301 g/mol. The van der Waals surface area contributed by atoms with Crippen LogP contribution in [0, 0.1) is 5.82 Å². The van der Waals surface area contributed by atoms with Crippen LogP contribution in [0.2, 0.25) is 0 Å². The first-order chi connectivity index (χ1) is 8.41. The van der Waals surface area contributed by atoms with Crippen LogP contribution in [-0.2, 0) is 11.3 Å². The highest BCUT2D eigenvalue weighted by atomic mass is 79.9. The predicted octanol–water partition coefficient (Wildman–Crippen LogP) is 3.03. The Morgan fingerprint density at radius 2 is 2.28 bits per heavy atom. The Hall–Kier alpha value is -0.940. The van der Waals surface area contributed by atoms with E-state index in [2.05, 4.69) is 15.9 Å². The first-order valence-electron chi connectivity index (χ1n) is 5.85. The molecule has 3 nitrogen and oxygen atoms in total. The second kappa shape index (κ2) is 4.97. The van der Waals surface area contributed by atoms with E-state index >= 15 is 0 Å². The molecule has 0 aliphatic carbocycles. The summed E-state index contributed by atoms with van der Waals surface area (Å²) in [5.74, 6) is -1.12. The van der Waals surface area contributed by atoms with Gasteiger partial charge in [-0.2, -0.15) is 0 Å². The third kappa shape index (κ3) is 2.57. The summed E-state index contributed by atoms with van der Waals surface area (Å²) in [6.45, 7) is 2.92. The number of carbonyl (C=O) groups is 1. The van der Waals surface area contributed by atoms with Gasteiger partial charge in [0.15, 0.2) is 0 Å². The normalized spacial score (nSPS) is 24.4. The van der Waals surface area contributed by atoms with Crippen molar-refractivity contribution in [3.63, 3.8) is 0 Å². The number of aliphatic carboxylic acids is 1. The lowest BCUT2D eigenvalue weighted by Crippen LogP contribution is -2.47. The van der Waals surface area contributed by atoms with E-state index in [9.17, 15) is 14.3 Å². The summed E-state index contributed by atoms with van der Waals surface area (Å²) in [7, 11) is 0. The summed E-state index contributed by atoms with van der Waals surface area (Å²) in [6.07, 6.45) is 1.50. The van der Waals surface area contributed by atoms with Gasteiger partial charge in [-0.05, 0) is 50.1 Å². The van der Waals surface area contributed by atoms with E-state index in [1.807, 2.05) is 11.0 Å². The molecule has 1 saturated heterocycles. The lowest BCUT2D eigenvalue weighted by molar-refractivity contribution is -0.148. The molecule has 98 valence electrons. The van der Waals surface area contributed by atoms with Gasteiger partial charge in [-0.15, -0.1) is 0 Å². The zero-order valence-corrected chi connectivity index (χ0v) is 11.7. The SMILES string of the molecule is CC1(C(=O)O)CCCN1Cc1cc(F)cc(Br)c1. The van der Waals surface area contributed by atoms with Crippen LogP contribution in [0.1, 0.15) is 25.3 Å². The van der Waals surface area contributed by atoms with E-state index in [1.165, 1.54) is 12.1 Å². The van der Waals surface area contributed by atoms with Crippen LogP contribution in [0.4, 0.5) is 4.39 Å². The van der Waals surface area contributed by atoms with Crippen LogP contribution in [0.3, 0.4) is 0 Å². The van der Waals surface area contributed by atoms with Crippen LogP contribution in [0.25, 0.3) is 0 Å². The second-order valence-electron chi connectivity index (χ2n) is 4.88. The molecule has 18 heavy (non-hydrogen) atoms. The maximum atomic E-state index is 13.3. The number of benzene rings is 1. The lowest BCUT2D eigenvalue weighted by atomic mass is 9.99. The van der Waals surface area contributed by atoms with E-state index in [0.29, 0.717) is 17.4 Å². The molecule has 1 unspecified atom stereocenters. The van der Waals surface area contributed by atoms with Gasteiger partial charge in [0.1, 0.15) is 11.4 Å². The standard InChI is InChI=1S/C13H15BrFNO2/c1-13(12(17)18)3-2-4-16(13)8-9-5-10(14)7-11(15)6-9/h5-7H,2-4,8H2,1H3,(H,17,18). The van der Waals surface area contributed by atoms with Gasteiger partial charge in [-0.1, -0.05) is 15.9 Å². The van der Waals surface area contributed by atoms with Crippen molar-refractivity contribution in [1.82, 2.24) is 4.90 Å². The van der Waals surface area contributed by atoms with E-state index in [0.717, 1.165) is 18.5 Å². The minimum atomic E-state index is -0.835. The molecule has 1 N–H and O–H groups in total. The minimum Gasteiger partial charge on any atom is -0.480 e. The average Bonchev–Trinajstić information content (AvgIpc) is 2.60. The van der Waals surface area contributed by atoms with Crippen molar-refractivity contribution in [3.05, 3.63) is 34.1 Å². The smallest absolute Gasteiger partial charge is 0.323 e. The van der Waals surface area contributed by atoms with Gasteiger partial charge < -0.3 is 5.11 Å². The quantitative estimate of drug-likeness (QED) is 0.932. The molecule has 0 saturated carbocycles. The van der Waals surface area contributed by atoms with E-state index in [-0.39, 0.29) is 5.82 Å². The zero-order chi connectivity index (χ0) is 13.3. The summed E-state index contributed by atoms with van der Waals surface area (Å²) in [6, 6.07) is 4.67. The number of hydrogen-bond donors (Lipinski definition) is 1. The van der Waals surface area contributed by atoms with Crippen molar-refractivity contribution in [2.24, 2.45) is 0 Å². The molecular formula is C13H15BrFNO2. The molecule has 0 spiro atoms. The van der Waals surface area contributed by atoms with Gasteiger partial charge in [0.05, 0.1) is 0 Å². The van der Waals surface area contributed by atoms with Crippen molar-refractivity contribution in [2.75, 3.05) is 6.54 Å². The predicted molar refractivity (Wildman–Crippen MR) is 69.8 cm³/mol. The highest BCUT2D eigenvalue weighted by molar-refractivity contribution is 9.10. The van der Waals surface area contributed by atoms with Gasteiger partial charge in [-0.3, -0.25) is 9.69 Å². The Morgan fingerprint density at radius 3 is 2.89 bits per heavy atom. The average molecular weight is 316 g/mol. The fourth-order valence-corrected chi connectivity index (χ4v) is 2.95. The van der Waals surface area contributed by atoms with E-state index in [4.69, 9.17) is 0 Å². The molecule has 5 heteroatoms. The Bertz CT molecular complexity index is 460.